The second-order valence-corrected chi connectivity index (χ2v) is 4.17. The van der Waals surface area contributed by atoms with E-state index < -0.39 is 17.7 Å². The number of aromatic carboxylic acids is 1. The molecule has 0 fully saturated rings. The summed E-state index contributed by atoms with van der Waals surface area (Å²) in [5, 5.41) is 18.0. The Morgan fingerprint density at radius 3 is 2.75 bits per heavy atom. The van der Waals surface area contributed by atoms with Crippen LogP contribution in [0.3, 0.4) is 0 Å². The van der Waals surface area contributed by atoms with Gasteiger partial charge in [-0.1, -0.05) is 5.21 Å². The predicted molar refractivity (Wildman–Crippen MR) is 66.7 cm³/mol. The summed E-state index contributed by atoms with van der Waals surface area (Å²) in [4.78, 5) is 22.3. The van der Waals surface area contributed by atoms with Gasteiger partial charge in [0.05, 0.1) is 6.20 Å². The van der Waals surface area contributed by atoms with Gasteiger partial charge in [-0.3, -0.25) is 4.79 Å². The SMILES string of the molecule is Cc1cc(F)cc(NC(=O)Cn2cc(C(=O)O)nn2)c1. The van der Waals surface area contributed by atoms with Crippen molar-refractivity contribution in [3.05, 3.63) is 41.5 Å². The maximum atomic E-state index is 13.2. The van der Waals surface area contributed by atoms with Gasteiger partial charge in [0.2, 0.25) is 5.91 Å². The minimum absolute atomic E-state index is 0.212. The zero-order chi connectivity index (χ0) is 14.7. The van der Waals surface area contributed by atoms with E-state index in [1.54, 1.807) is 13.0 Å². The van der Waals surface area contributed by atoms with E-state index in [4.69, 9.17) is 5.11 Å². The van der Waals surface area contributed by atoms with Crippen LogP contribution in [0.2, 0.25) is 0 Å². The first-order chi connectivity index (χ1) is 9.44. The molecule has 0 bridgehead atoms. The van der Waals surface area contributed by atoms with E-state index >= 15 is 0 Å². The molecule has 1 amide bonds. The average Bonchev–Trinajstić information content (AvgIpc) is 2.75. The third kappa shape index (κ3) is 3.37. The molecule has 104 valence electrons. The lowest BCUT2D eigenvalue weighted by molar-refractivity contribution is -0.116. The molecule has 0 aliphatic carbocycles. The Morgan fingerprint density at radius 1 is 1.40 bits per heavy atom. The third-order valence-electron chi connectivity index (χ3n) is 2.39. The smallest absolute Gasteiger partial charge is 0.358 e. The van der Waals surface area contributed by atoms with Crippen molar-refractivity contribution < 1.29 is 19.1 Å². The minimum atomic E-state index is -1.22. The van der Waals surface area contributed by atoms with Crippen molar-refractivity contribution in [3.8, 4) is 0 Å². The van der Waals surface area contributed by atoms with Crippen LogP contribution in [0.4, 0.5) is 10.1 Å². The minimum Gasteiger partial charge on any atom is -0.476 e. The number of hydrogen-bond donors (Lipinski definition) is 2. The van der Waals surface area contributed by atoms with Crippen molar-refractivity contribution in [3.63, 3.8) is 0 Å². The van der Waals surface area contributed by atoms with Gasteiger partial charge in [-0.15, -0.1) is 5.10 Å². The highest BCUT2D eigenvalue weighted by atomic mass is 19.1. The topological polar surface area (TPSA) is 97.1 Å². The van der Waals surface area contributed by atoms with Gasteiger partial charge in [0.25, 0.3) is 0 Å². The predicted octanol–water partition coefficient (Wildman–Crippen LogP) is 1.06. The van der Waals surface area contributed by atoms with Crippen LogP contribution < -0.4 is 5.32 Å². The zero-order valence-electron chi connectivity index (χ0n) is 10.5. The number of aromatic nitrogens is 3. The van der Waals surface area contributed by atoms with Gasteiger partial charge in [-0.25, -0.2) is 13.9 Å². The number of carboxylic acids is 1. The number of rotatable bonds is 4. The molecule has 1 aromatic heterocycles. The van der Waals surface area contributed by atoms with Gasteiger partial charge in [0, 0.05) is 5.69 Å². The molecule has 20 heavy (non-hydrogen) atoms. The number of nitrogens with one attached hydrogen (secondary N) is 1. The van der Waals surface area contributed by atoms with E-state index in [0.717, 1.165) is 10.9 Å². The number of halogens is 1. The highest BCUT2D eigenvalue weighted by molar-refractivity contribution is 5.90. The number of carbonyl (C=O) groups excluding carboxylic acids is 1. The first-order valence-corrected chi connectivity index (χ1v) is 5.64. The summed E-state index contributed by atoms with van der Waals surface area (Å²) in [6, 6.07) is 4.14. The lowest BCUT2D eigenvalue weighted by Crippen LogP contribution is -2.19. The monoisotopic (exact) mass is 278 g/mol. The summed E-state index contributed by atoms with van der Waals surface area (Å²) in [5.41, 5.74) is 0.750. The van der Waals surface area contributed by atoms with Crippen molar-refractivity contribution in [1.29, 1.82) is 0 Å². The molecule has 7 nitrogen and oxygen atoms in total. The van der Waals surface area contributed by atoms with E-state index in [0.29, 0.717) is 11.3 Å². The number of carboxylic acid groups (broad SMARTS) is 1. The van der Waals surface area contributed by atoms with Gasteiger partial charge in [-0.2, -0.15) is 0 Å². The Morgan fingerprint density at radius 2 is 2.15 bits per heavy atom. The molecule has 2 N–H and O–H groups in total. The second kappa shape index (κ2) is 5.47. The molecule has 0 atom stereocenters. The number of carbonyl (C=O) groups is 2. The molecular weight excluding hydrogens is 267 g/mol. The number of benzene rings is 1. The quantitative estimate of drug-likeness (QED) is 0.871. The molecule has 1 aromatic carbocycles. The van der Waals surface area contributed by atoms with Crippen LogP contribution in [0.15, 0.2) is 24.4 Å². The number of amides is 1. The highest BCUT2D eigenvalue weighted by Gasteiger charge is 2.11. The van der Waals surface area contributed by atoms with Gasteiger partial charge >= 0.3 is 5.97 Å². The van der Waals surface area contributed by atoms with Crippen LogP contribution in [0.1, 0.15) is 16.1 Å². The van der Waals surface area contributed by atoms with Gasteiger partial charge in [-0.05, 0) is 30.7 Å². The summed E-state index contributed by atoms with van der Waals surface area (Å²) < 4.78 is 14.2. The van der Waals surface area contributed by atoms with Crippen LogP contribution in [-0.2, 0) is 11.3 Å². The van der Waals surface area contributed by atoms with Crippen molar-refractivity contribution in [1.82, 2.24) is 15.0 Å². The molecule has 2 rings (SSSR count). The lowest BCUT2D eigenvalue weighted by Gasteiger charge is -2.06. The Hall–Kier alpha value is -2.77. The fourth-order valence-electron chi connectivity index (χ4n) is 1.63. The first kappa shape index (κ1) is 13.7. The third-order valence-corrected chi connectivity index (χ3v) is 2.39. The summed E-state index contributed by atoms with van der Waals surface area (Å²) in [6.07, 6.45) is 1.14. The molecule has 8 heteroatoms. The Labute approximate surface area is 113 Å². The average molecular weight is 278 g/mol. The number of aryl methyl sites for hydroxylation is 1. The summed E-state index contributed by atoms with van der Waals surface area (Å²) in [6.45, 7) is 1.49. The standard InChI is InChI=1S/C12H11FN4O3/c1-7-2-8(13)4-9(3-7)14-11(18)6-17-5-10(12(19)20)15-16-17/h2-5H,6H2,1H3,(H,14,18)(H,19,20). The van der Waals surface area contributed by atoms with E-state index in [2.05, 4.69) is 15.6 Å². The number of nitrogens with zero attached hydrogens (tertiary/aromatic N) is 3. The molecular formula is C12H11FN4O3. The van der Waals surface area contributed by atoms with Crippen LogP contribution in [0.25, 0.3) is 0 Å². The number of anilines is 1. The van der Waals surface area contributed by atoms with Crippen molar-refractivity contribution >= 4 is 17.6 Å². The molecule has 0 saturated heterocycles. The molecule has 1 heterocycles. The van der Waals surface area contributed by atoms with Crippen LogP contribution >= 0.6 is 0 Å². The van der Waals surface area contributed by atoms with Crippen molar-refractivity contribution in [2.75, 3.05) is 5.32 Å². The fourth-order valence-corrected chi connectivity index (χ4v) is 1.63. The van der Waals surface area contributed by atoms with Gasteiger partial charge in [0.15, 0.2) is 5.69 Å². The van der Waals surface area contributed by atoms with Crippen molar-refractivity contribution in [2.45, 2.75) is 13.5 Å². The molecule has 0 unspecified atom stereocenters. The summed E-state index contributed by atoms with van der Waals surface area (Å²) in [7, 11) is 0. The zero-order valence-corrected chi connectivity index (χ0v) is 10.5. The van der Waals surface area contributed by atoms with E-state index in [1.165, 1.54) is 12.1 Å². The van der Waals surface area contributed by atoms with E-state index in [-0.39, 0.29) is 12.2 Å². The van der Waals surface area contributed by atoms with E-state index in [9.17, 15) is 14.0 Å². The molecule has 0 aliphatic heterocycles. The fraction of sp³-hybridized carbons (Fsp3) is 0.167. The lowest BCUT2D eigenvalue weighted by atomic mass is 10.2. The van der Waals surface area contributed by atoms with Gasteiger partial charge < -0.3 is 10.4 Å². The molecule has 2 aromatic rings. The second-order valence-electron chi connectivity index (χ2n) is 4.17. The molecule has 0 saturated carbocycles. The van der Waals surface area contributed by atoms with Crippen LogP contribution in [-0.4, -0.2) is 32.0 Å². The maximum Gasteiger partial charge on any atom is 0.358 e. The molecule has 0 aliphatic rings. The van der Waals surface area contributed by atoms with E-state index in [1.807, 2.05) is 0 Å². The van der Waals surface area contributed by atoms with Crippen molar-refractivity contribution in [2.24, 2.45) is 0 Å². The molecule has 0 radical (unpaired) electrons. The number of hydrogen-bond acceptors (Lipinski definition) is 4. The normalized spacial score (nSPS) is 10.3. The highest BCUT2D eigenvalue weighted by Crippen LogP contribution is 2.13. The van der Waals surface area contributed by atoms with Crippen LogP contribution in [0.5, 0.6) is 0 Å². The Kier molecular flexibility index (Phi) is 3.74. The summed E-state index contributed by atoms with van der Waals surface area (Å²) in [5.74, 6) is -2.14. The Bertz CT molecular complexity index is 648. The summed E-state index contributed by atoms with van der Waals surface area (Å²) >= 11 is 0. The maximum absolute atomic E-state index is 13.2. The van der Waals surface area contributed by atoms with Crippen LogP contribution in [0, 0.1) is 12.7 Å². The molecule has 0 spiro atoms. The Balaban J connectivity index is 2.03. The van der Waals surface area contributed by atoms with Gasteiger partial charge in [0.1, 0.15) is 12.4 Å². The largest absolute Gasteiger partial charge is 0.476 e. The first-order valence-electron chi connectivity index (χ1n) is 5.64.